The minimum Gasteiger partial charge on any atom is -0.394 e. The zero-order valence-electron chi connectivity index (χ0n) is 10.7. The number of aliphatic hydroxyl groups is 2. The smallest absolute Gasteiger partial charge is 0.220 e. The van der Waals surface area contributed by atoms with E-state index >= 15 is 0 Å². The lowest BCUT2D eigenvalue weighted by molar-refractivity contribution is -0.121. The van der Waals surface area contributed by atoms with Crippen LogP contribution in [0.25, 0.3) is 0 Å². The fourth-order valence-electron chi connectivity index (χ4n) is 1.45. The molecule has 0 radical (unpaired) electrons. The van der Waals surface area contributed by atoms with Crippen LogP contribution < -0.4 is 5.32 Å². The molecule has 1 unspecified atom stereocenters. The molecule has 110 valence electrons. The topological polar surface area (TPSA) is 93.4 Å². The van der Waals surface area contributed by atoms with Crippen LogP contribution in [0.3, 0.4) is 0 Å². The van der Waals surface area contributed by atoms with Gasteiger partial charge in [0.1, 0.15) is 0 Å². The number of benzene rings is 1. The molecule has 0 fully saturated rings. The van der Waals surface area contributed by atoms with Crippen LogP contribution in [0.15, 0.2) is 18.2 Å². The van der Waals surface area contributed by atoms with Gasteiger partial charge in [-0.2, -0.15) is 0 Å². The summed E-state index contributed by atoms with van der Waals surface area (Å²) in [5.41, 5.74) is 0.893. The number of aliphatic hydroxyl groups excluding tert-OH is 2. The van der Waals surface area contributed by atoms with E-state index in [0.29, 0.717) is 15.6 Å². The van der Waals surface area contributed by atoms with Gasteiger partial charge in [0.05, 0.1) is 22.8 Å². The molecule has 0 spiro atoms. The van der Waals surface area contributed by atoms with Gasteiger partial charge in [0.15, 0.2) is 0 Å². The monoisotopic (exact) mass is 318 g/mol. The van der Waals surface area contributed by atoms with Gasteiger partial charge in [-0.15, -0.1) is 0 Å². The van der Waals surface area contributed by atoms with E-state index < -0.39 is 12.7 Å². The Balaban J connectivity index is 2.43. The Bertz CT molecular complexity index is 495. The molecule has 4 N–H and O–H groups in total. The maximum Gasteiger partial charge on any atom is 0.220 e. The van der Waals surface area contributed by atoms with Gasteiger partial charge in [-0.3, -0.25) is 4.79 Å². The van der Waals surface area contributed by atoms with E-state index in [2.05, 4.69) is 5.32 Å². The largest absolute Gasteiger partial charge is 0.394 e. The van der Waals surface area contributed by atoms with E-state index in [1.807, 2.05) is 0 Å². The lowest BCUT2D eigenvalue weighted by Crippen LogP contribution is -2.33. The first-order valence-corrected chi connectivity index (χ1v) is 6.78. The summed E-state index contributed by atoms with van der Waals surface area (Å²) in [6.07, 6.45) is -0.593. The standard InChI is InChI=1S/C13H16Cl2N2O3/c14-10-2-1-8(5-11(10)15)12(16)3-4-13(20)17-6-9(19)7-18/h1-2,5,9,16,18-19H,3-4,6-7H2,(H,17,20). The summed E-state index contributed by atoms with van der Waals surface area (Å²) < 4.78 is 0. The van der Waals surface area contributed by atoms with Crippen molar-refractivity contribution in [3.8, 4) is 0 Å². The second-order valence-electron chi connectivity index (χ2n) is 4.25. The van der Waals surface area contributed by atoms with Crippen molar-refractivity contribution >= 4 is 34.8 Å². The van der Waals surface area contributed by atoms with Gasteiger partial charge < -0.3 is 20.9 Å². The SMILES string of the molecule is N=C(CCC(=O)NCC(O)CO)c1ccc(Cl)c(Cl)c1. The quantitative estimate of drug-likeness (QED) is 0.575. The molecule has 0 aliphatic heterocycles. The zero-order valence-corrected chi connectivity index (χ0v) is 12.2. The maximum atomic E-state index is 11.5. The summed E-state index contributed by atoms with van der Waals surface area (Å²) in [5.74, 6) is -0.290. The van der Waals surface area contributed by atoms with E-state index in [4.69, 9.17) is 38.8 Å². The van der Waals surface area contributed by atoms with Crippen molar-refractivity contribution in [2.45, 2.75) is 18.9 Å². The van der Waals surface area contributed by atoms with Crippen molar-refractivity contribution in [2.24, 2.45) is 0 Å². The van der Waals surface area contributed by atoms with Crippen molar-refractivity contribution in [2.75, 3.05) is 13.2 Å². The number of halogens is 2. The number of hydrogen-bond donors (Lipinski definition) is 4. The van der Waals surface area contributed by atoms with E-state index in [-0.39, 0.29) is 31.0 Å². The van der Waals surface area contributed by atoms with Crippen molar-refractivity contribution in [1.82, 2.24) is 5.32 Å². The summed E-state index contributed by atoms with van der Waals surface area (Å²) in [7, 11) is 0. The highest BCUT2D eigenvalue weighted by molar-refractivity contribution is 6.42. The van der Waals surface area contributed by atoms with Crippen LogP contribution in [0.5, 0.6) is 0 Å². The normalized spacial score (nSPS) is 12.0. The first kappa shape index (κ1) is 16.9. The second kappa shape index (κ2) is 8.21. The third kappa shape index (κ3) is 5.46. The summed E-state index contributed by atoms with van der Waals surface area (Å²) in [5, 5.41) is 28.8. The molecule has 1 aromatic carbocycles. The van der Waals surface area contributed by atoms with Crippen LogP contribution in [0.4, 0.5) is 0 Å². The third-order valence-electron chi connectivity index (χ3n) is 2.62. The average Bonchev–Trinajstić information content (AvgIpc) is 2.44. The van der Waals surface area contributed by atoms with Gasteiger partial charge in [-0.1, -0.05) is 29.3 Å². The van der Waals surface area contributed by atoms with Gasteiger partial charge >= 0.3 is 0 Å². The van der Waals surface area contributed by atoms with Crippen LogP contribution in [-0.4, -0.2) is 41.1 Å². The van der Waals surface area contributed by atoms with Crippen LogP contribution in [0, 0.1) is 5.41 Å². The highest BCUT2D eigenvalue weighted by Gasteiger charge is 2.09. The molecule has 1 rings (SSSR count). The number of amides is 1. The fraction of sp³-hybridized carbons (Fsp3) is 0.385. The molecule has 1 amide bonds. The molecule has 0 heterocycles. The third-order valence-corrected chi connectivity index (χ3v) is 3.35. The lowest BCUT2D eigenvalue weighted by Gasteiger charge is -2.09. The van der Waals surface area contributed by atoms with Gasteiger partial charge in [0, 0.05) is 18.7 Å². The van der Waals surface area contributed by atoms with Crippen molar-refractivity contribution in [3.05, 3.63) is 33.8 Å². The highest BCUT2D eigenvalue weighted by Crippen LogP contribution is 2.23. The Morgan fingerprint density at radius 1 is 1.30 bits per heavy atom. The first-order valence-electron chi connectivity index (χ1n) is 6.02. The van der Waals surface area contributed by atoms with Gasteiger partial charge in [-0.05, 0) is 24.1 Å². The summed E-state index contributed by atoms with van der Waals surface area (Å²) in [6.45, 7) is -0.408. The fourth-order valence-corrected chi connectivity index (χ4v) is 1.75. The molecule has 20 heavy (non-hydrogen) atoms. The molecule has 1 atom stereocenters. The Kier molecular flexibility index (Phi) is 6.95. The first-order chi connectivity index (χ1) is 9.43. The minimum atomic E-state index is -0.964. The Labute approximate surface area is 127 Å². The van der Waals surface area contributed by atoms with Gasteiger partial charge in [0.25, 0.3) is 0 Å². The van der Waals surface area contributed by atoms with Crippen molar-refractivity contribution in [1.29, 1.82) is 5.41 Å². The summed E-state index contributed by atoms with van der Waals surface area (Å²) in [4.78, 5) is 11.5. The number of carbonyl (C=O) groups is 1. The second-order valence-corrected chi connectivity index (χ2v) is 5.06. The molecular formula is C13H16Cl2N2O3. The summed E-state index contributed by atoms with van der Waals surface area (Å²) >= 11 is 11.6. The number of carbonyl (C=O) groups excluding carboxylic acids is 1. The van der Waals surface area contributed by atoms with Crippen molar-refractivity contribution < 1.29 is 15.0 Å². The molecule has 0 saturated heterocycles. The lowest BCUT2D eigenvalue weighted by atomic mass is 10.1. The van der Waals surface area contributed by atoms with E-state index in [1.165, 1.54) is 0 Å². The van der Waals surface area contributed by atoms with E-state index in [1.54, 1.807) is 18.2 Å². The highest BCUT2D eigenvalue weighted by atomic mass is 35.5. The van der Waals surface area contributed by atoms with Gasteiger partial charge in [-0.25, -0.2) is 0 Å². The predicted molar refractivity (Wildman–Crippen MR) is 78.6 cm³/mol. The minimum absolute atomic E-state index is 0.00452. The molecule has 7 heteroatoms. The van der Waals surface area contributed by atoms with Gasteiger partial charge in [0.2, 0.25) is 5.91 Å². The van der Waals surface area contributed by atoms with Crippen LogP contribution in [-0.2, 0) is 4.79 Å². The number of nitrogens with one attached hydrogen (secondary N) is 2. The van der Waals surface area contributed by atoms with E-state index in [9.17, 15) is 4.79 Å². The maximum absolute atomic E-state index is 11.5. The zero-order chi connectivity index (χ0) is 15.1. The molecule has 0 aliphatic carbocycles. The van der Waals surface area contributed by atoms with E-state index in [0.717, 1.165) is 0 Å². The summed E-state index contributed by atoms with van der Waals surface area (Å²) in [6, 6.07) is 4.86. The molecule has 0 saturated carbocycles. The molecule has 5 nitrogen and oxygen atoms in total. The Morgan fingerprint density at radius 2 is 2.00 bits per heavy atom. The Morgan fingerprint density at radius 3 is 2.60 bits per heavy atom. The molecule has 0 aliphatic rings. The molecular weight excluding hydrogens is 303 g/mol. The molecule has 0 bridgehead atoms. The average molecular weight is 319 g/mol. The van der Waals surface area contributed by atoms with Crippen LogP contribution in [0.2, 0.25) is 10.0 Å². The Hall–Kier alpha value is -1.14. The van der Waals surface area contributed by atoms with Crippen molar-refractivity contribution in [3.63, 3.8) is 0 Å². The molecule has 0 aromatic heterocycles. The predicted octanol–water partition coefficient (Wildman–Crippen LogP) is 1.61. The number of hydrogen-bond acceptors (Lipinski definition) is 4. The molecule has 1 aromatic rings. The van der Waals surface area contributed by atoms with Crippen LogP contribution in [0.1, 0.15) is 18.4 Å². The van der Waals surface area contributed by atoms with Crippen LogP contribution >= 0.6 is 23.2 Å². The number of rotatable bonds is 7.